The van der Waals surface area contributed by atoms with Gasteiger partial charge in [-0.15, -0.1) is 11.3 Å². The van der Waals surface area contributed by atoms with Crippen molar-refractivity contribution in [1.29, 1.82) is 5.26 Å². The summed E-state index contributed by atoms with van der Waals surface area (Å²) in [6.45, 7) is 7.44. The van der Waals surface area contributed by atoms with Gasteiger partial charge in [-0.05, 0) is 51.0 Å². The average molecular weight is 461 g/mol. The van der Waals surface area contributed by atoms with Gasteiger partial charge in [0.05, 0.1) is 28.8 Å². The number of pyridine rings is 1. The fourth-order valence-corrected chi connectivity index (χ4v) is 4.45. The number of amides is 1. The van der Waals surface area contributed by atoms with Crippen LogP contribution in [0.25, 0.3) is 16.8 Å². The minimum absolute atomic E-state index is 0.0791. The SMILES string of the molecule is Cc1cc(-n2nc(C)c(-c3ccc(CNC(=O)c4scnc4C)c(F)c3)c2C)cnc1C#N. The van der Waals surface area contributed by atoms with Gasteiger partial charge in [0.1, 0.15) is 22.5 Å². The molecule has 3 aromatic heterocycles. The van der Waals surface area contributed by atoms with Gasteiger partial charge >= 0.3 is 0 Å². The van der Waals surface area contributed by atoms with E-state index in [-0.39, 0.29) is 12.5 Å². The predicted octanol–water partition coefficient (Wildman–Crippen LogP) is 4.57. The zero-order valence-corrected chi connectivity index (χ0v) is 19.4. The highest BCUT2D eigenvalue weighted by Crippen LogP contribution is 2.30. The van der Waals surface area contributed by atoms with Crippen molar-refractivity contribution in [3.05, 3.63) is 80.6 Å². The van der Waals surface area contributed by atoms with Gasteiger partial charge in [-0.2, -0.15) is 10.4 Å². The highest BCUT2D eigenvalue weighted by molar-refractivity contribution is 7.11. The number of nitrogens with zero attached hydrogens (tertiary/aromatic N) is 5. The molecule has 0 bridgehead atoms. The molecule has 1 N–H and O–H groups in total. The summed E-state index contributed by atoms with van der Waals surface area (Å²) in [5.74, 6) is -0.672. The summed E-state index contributed by atoms with van der Waals surface area (Å²) in [4.78, 5) is 21.1. The van der Waals surface area contributed by atoms with Gasteiger partial charge < -0.3 is 5.32 Å². The number of hydrogen-bond acceptors (Lipinski definition) is 6. The summed E-state index contributed by atoms with van der Waals surface area (Å²) >= 11 is 1.26. The number of carbonyl (C=O) groups excluding carboxylic acids is 1. The minimum atomic E-state index is -0.406. The van der Waals surface area contributed by atoms with Crippen molar-refractivity contribution in [2.75, 3.05) is 0 Å². The lowest BCUT2D eigenvalue weighted by molar-refractivity contribution is 0.0954. The van der Waals surface area contributed by atoms with E-state index in [0.717, 1.165) is 28.2 Å². The number of hydrogen-bond donors (Lipinski definition) is 1. The minimum Gasteiger partial charge on any atom is -0.347 e. The van der Waals surface area contributed by atoms with Gasteiger partial charge in [-0.3, -0.25) is 4.79 Å². The monoisotopic (exact) mass is 460 g/mol. The van der Waals surface area contributed by atoms with Crippen LogP contribution >= 0.6 is 11.3 Å². The third-order valence-corrected chi connectivity index (χ3v) is 6.37. The quantitative estimate of drug-likeness (QED) is 0.471. The van der Waals surface area contributed by atoms with E-state index in [4.69, 9.17) is 5.26 Å². The molecule has 1 amide bonds. The van der Waals surface area contributed by atoms with Gasteiger partial charge in [-0.25, -0.2) is 19.0 Å². The average Bonchev–Trinajstić information content (AvgIpc) is 3.35. The Labute approximate surface area is 194 Å². The molecule has 9 heteroatoms. The lowest BCUT2D eigenvalue weighted by Gasteiger charge is -2.09. The molecule has 166 valence electrons. The normalized spacial score (nSPS) is 10.8. The number of benzene rings is 1. The van der Waals surface area contributed by atoms with E-state index in [1.165, 1.54) is 17.4 Å². The number of aryl methyl sites for hydroxylation is 3. The Morgan fingerprint density at radius 3 is 2.61 bits per heavy atom. The smallest absolute Gasteiger partial charge is 0.263 e. The molecule has 33 heavy (non-hydrogen) atoms. The van der Waals surface area contributed by atoms with E-state index in [9.17, 15) is 9.18 Å². The number of aromatic nitrogens is 4. The van der Waals surface area contributed by atoms with Gasteiger partial charge in [0.15, 0.2) is 0 Å². The molecule has 0 atom stereocenters. The maximum atomic E-state index is 14.9. The number of halogens is 1. The van der Waals surface area contributed by atoms with Crippen LogP contribution in [0.5, 0.6) is 0 Å². The molecule has 0 saturated carbocycles. The molecule has 0 aliphatic rings. The predicted molar refractivity (Wildman–Crippen MR) is 124 cm³/mol. The Morgan fingerprint density at radius 2 is 1.97 bits per heavy atom. The first-order valence-corrected chi connectivity index (χ1v) is 11.1. The summed E-state index contributed by atoms with van der Waals surface area (Å²) in [6, 6.07) is 8.87. The fourth-order valence-electron chi connectivity index (χ4n) is 3.73. The first-order chi connectivity index (χ1) is 15.8. The van der Waals surface area contributed by atoms with Crippen LogP contribution in [0.4, 0.5) is 4.39 Å². The number of nitriles is 1. The van der Waals surface area contributed by atoms with E-state index in [2.05, 4.69) is 26.5 Å². The molecule has 3 heterocycles. The Hall–Kier alpha value is -3.90. The molecule has 0 radical (unpaired) electrons. The Balaban J connectivity index is 1.59. The molecular weight excluding hydrogens is 439 g/mol. The fraction of sp³-hybridized carbons (Fsp3) is 0.208. The van der Waals surface area contributed by atoms with Crippen molar-refractivity contribution < 1.29 is 9.18 Å². The lowest BCUT2D eigenvalue weighted by Crippen LogP contribution is -2.23. The molecule has 4 rings (SSSR count). The zero-order chi connectivity index (χ0) is 23.7. The largest absolute Gasteiger partial charge is 0.347 e. The van der Waals surface area contributed by atoms with Crippen LogP contribution in [0.15, 0.2) is 36.0 Å². The van der Waals surface area contributed by atoms with Crippen molar-refractivity contribution in [2.45, 2.75) is 34.2 Å². The van der Waals surface area contributed by atoms with Gasteiger partial charge in [-0.1, -0.05) is 12.1 Å². The molecule has 0 aliphatic carbocycles. The second-order valence-corrected chi connectivity index (χ2v) is 8.54. The van der Waals surface area contributed by atoms with E-state index in [0.29, 0.717) is 27.4 Å². The van der Waals surface area contributed by atoms with Crippen LogP contribution in [0.2, 0.25) is 0 Å². The number of thiazole rings is 1. The first kappa shape index (κ1) is 22.3. The third-order valence-electron chi connectivity index (χ3n) is 5.44. The van der Waals surface area contributed by atoms with Crippen molar-refractivity contribution in [3.63, 3.8) is 0 Å². The molecule has 0 unspecified atom stereocenters. The molecule has 0 aliphatic heterocycles. The topological polar surface area (TPSA) is 96.5 Å². The molecule has 0 spiro atoms. The van der Waals surface area contributed by atoms with E-state index in [1.54, 1.807) is 29.4 Å². The van der Waals surface area contributed by atoms with E-state index in [1.807, 2.05) is 32.9 Å². The van der Waals surface area contributed by atoms with Crippen LogP contribution < -0.4 is 5.32 Å². The zero-order valence-electron chi connectivity index (χ0n) is 18.6. The highest BCUT2D eigenvalue weighted by Gasteiger charge is 2.18. The van der Waals surface area contributed by atoms with Crippen LogP contribution in [0, 0.1) is 44.8 Å². The van der Waals surface area contributed by atoms with E-state index < -0.39 is 5.82 Å². The van der Waals surface area contributed by atoms with Crippen molar-refractivity contribution in [3.8, 4) is 22.9 Å². The second-order valence-electron chi connectivity index (χ2n) is 7.68. The highest BCUT2D eigenvalue weighted by atomic mass is 32.1. The number of carbonyl (C=O) groups is 1. The molecule has 1 aromatic carbocycles. The summed E-state index contributed by atoms with van der Waals surface area (Å²) in [6.07, 6.45) is 1.60. The summed E-state index contributed by atoms with van der Waals surface area (Å²) in [7, 11) is 0. The van der Waals surface area contributed by atoms with Gasteiger partial charge in [0.25, 0.3) is 5.91 Å². The summed E-state index contributed by atoms with van der Waals surface area (Å²) in [5, 5.41) is 16.5. The summed E-state index contributed by atoms with van der Waals surface area (Å²) in [5.41, 5.74) is 7.62. The Bertz CT molecular complexity index is 1420. The van der Waals surface area contributed by atoms with Gasteiger partial charge in [0.2, 0.25) is 0 Å². The number of nitrogens with one attached hydrogen (secondary N) is 1. The van der Waals surface area contributed by atoms with Crippen molar-refractivity contribution >= 4 is 17.2 Å². The number of rotatable bonds is 5. The van der Waals surface area contributed by atoms with E-state index >= 15 is 0 Å². The standard InChI is InChI=1S/C24H21FN6OS/c1-13-7-19(11-27-21(13)9-26)31-16(4)22(14(2)30-31)17-5-6-18(20(25)8-17)10-28-24(32)23-15(3)29-12-33-23/h5-8,11-12H,10H2,1-4H3,(H,28,32). The Morgan fingerprint density at radius 1 is 1.18 bits per heavy atom. The summed E-state index contributed by atoms with van der Waals surface area (Å²) < 4.78 is 16.7. The maximum absolute atomic E-state index is 14.9. The molecule has 0 fully saturated rings. The first-order valence-electron chi connectivity index (χ1n) is 10.2. The lowest BCUT2D eigenvalue weighted by atomic mass is 10.0. The maximum Gasteiger partial charge on any atom is 0.263 e. The molecule has 4 aromatic rings. The molecular formula is C24H21FN6OS. The molecule has 0 saturated heterocycles. The van der Waals surface area contributed by atoms with Crippen LogP contribution in [-0.4, -0.2) is 25.7 Å². The van der Waals surface area contributed by atoms with Crippen LogP contribution in [0.3, 0.4) is 0 Å². The molecule has 7 nitrogen and oxygen atoms in total. The van der Waals surface area contributed by atoms with Crippen molar-refractivity contribution in [2.24, 2.45) is 0 Å². The van der Waals surface area contributed by atoms with Crippen molar-refractivity contribution in [1.82, 2.24) is 25.1 Å². The van der Waals surface area contributed by atoms with Crippen LogP contribution in [-0.2, 0) is 6.54 Å². The Kier molecular flexibility index (Phi) is 6.03. The van der Waals surface area contributed by atoms with Gasteiger partial charge in [0, 0.05) is 23.4 Å². The van der Waals surface area contributed by atoms with Crippen LogP contribution in [0.1, 0.15) is 43.6 Å². The third kappa shape index (κ3) is 4.25. The second kappa shape index (κ2) is 8.92.